The molecule has 1 unspecified atom stereocenters. The summed E-state index contributed by atoms with van der Waals surface area (Å²) < 4.78 is 1.12. The van der Waals surface area contributed by atoms with Gasteiger partial charge in [-0.3, -0.25) is 0 Å². The summed E-state index contributed by atoms with van der Waals surface area (Å²) in [5.41, 5.74) is 1.28. The van der Waals surface area contributed by atoms with Crippen LogP contribution in [-0.2, 0) is 6.54 Å². The van der Waals surface area contributed by atoms with Crippen LogP contribution in [0.15, 0.2) is 28.7 Å². The monoisotopic (exact) mass is 289 g/mol. The Morgan fingerprint density at radius 1 is 1.47 bits per heavy atom. The van der Waals surface area contributed by atoms with Gasteiger partial charge in [-0.1, -0.05) is 41.4 Å². The van der Waals surface area contributed by atoms with Gasteiger partial charge in [-0.25, -0.2) is 0 Å². The predicted octanol–water partition coefficient (Wildman–Crippen LogP) is 3.95. The lowest BCUT2D eigenvalue weighted by molar-refractivity contribution is 0.623. The molecule has 84 valence electrons. The molecule has 1 aromatic carbocycles. The van der Waals surface area contributed by atoms with Crippen molar-refractivity contribution in [1.29, 1.82) is 0 Å². The SMILES string of the molecule is CCCC(Cl)CNCc1cccc(Br)c1. The lowest BCUT2D eigenvalue weighted by Gasteiger charge is -2.09. The zero-order valence-corrected chi connectivity index (χ0v) is 11.3. The minimum Gasteiger partial charge on any atom is -0.311 e. The van der Waals surface area contributed by atoms with E-state index in [-0.39, 0.29) is 5.38 Å². The van der Waals surface area contributed by atoms with E-state index >= 15 is 0 Å². The first-order chi connectivity index (χ1) is 7.22. The molecule has 0 spiro atoms. The smallest absolute Gasteiger partial charge is 0.0460 e. The lowest BCUT2D eigenvalue weighted by atomic mass is 10.2. The Kier molecular flexibility index (Phi) is 6.30. The number of nitrogens with one attached hydrogen (secondary N) is 1. The molecule has 0 bridgehead atoms. The Hall–Kier alpha value is -0.0500. The molecule has 0 radical (unpaired) electrons. The lowest BCUT2D eigenvalue weighted by Crippen LogP contribution is -2.22. The number of halogens is 2. The van der Waals surface area contributed by atoms with E-state index < -0.39 is 0 Å². The third-order valence-electron chi connectivity index (χ3n) is 2.19. The molecular weight excluding hydrogens is 273 g/mol. The number of benzene rings is 1. The molecule has 0 aliphatic heterocycles. The highest BCUT2D eigenvalue weighted by atomic mass is 79.9. The minimum atomic E-state index is 0.252. The maximum absolute atomic E-state index is 6.11. The van der Waals surface area contributed by atoms with E-state index in [0.717, 1.165) is 30.4 Å². The van der Waals surface area contributed by atoms with Crippen molar-refractivity contribution in [2.45, 2.75) is 31.7 Å². The summed E-state index contributed by atoms with van der Waals surface area (Å²) in [5.74, 6) is 0. The van der Waals surface area contributed by atoms with Gasteiger partial charge in [-0.05, 0) is 24.1 Å². The van der Waals surface area contributed by atoms with E-state index in [4.69, 9.17) is 11.6 Å². The highest BCUT2D eigenvalue weighted by Gasteiger charge is 2.01. The molecule has 15 heavy (non-hydrogen) atoms. The van der Waals surface area contributed by atoms with E-state index in [1.165, 1.54) is 5.56 Å². The Morgan fingerprint density at radius 2 is 2.27 bits per heavy atom. The molecule has 0 aromatic heterocycles. The number of rotatable bonds is 6. The van der Waals surface area contributed by atoms with Gasteiger partial charge in [0.15, 0.2) is 0 Å². The van der Waals surface area contributed by atoms with E-state index in [1.54, 1.807) is 0 Å². The number of hydrogen-bond donors (Lipinski definition) is 1. The first kappa shape index (κ1) is 13.0. The van der Waals surface area contributed by atoms with Crippen molar-refractivity contribution in [3.8, 4) is 0 Å². The van der Waals surface area contributed by atoms with E-state index in [2.05, 4.69) is 40.3 Å². The van der Waals surface area contributed by atoms with Crippen molar-refractivity contribution >= 4 is 27.5 Å². The van der Waals surface area contributed by atoms with Crippen LogP contribution in [0.3, 0.4) is 0 Å². The summed E-state index contributed by atoms with van der Waals surface area (Å²) in [7, 11) is 0. The molecule has 3 heteroatoms. The molecule has 0 amide bonds. The van der Waals surface area contributed by atoms with Crippen molar-refractivity contribution in [2.24, 2.45) is 0 Å². The first-order valence-corrected chi connectivity index (χ1v) is 6.54. The average molecular weight is 291 g/mol. The van der Waals surface area contributed by atoms with Gasteiger partial charge in [0.25, 0.3) is 0 Å². The molecule has 1 N–H and O–H groups in total. The maximum Gasteiger partial charge on any atom is 0.0460 e. The average Bonchev–Trinajstić information content (AvgIpc) is 2.18. The topological polar surface area (TPSA) is 12.0 Å². The van der Waals surface area contributed by atoms with Crippen LogP contribution in [0.25, 0.3) is 0 Å². The molecule has 0 aliphatic carbocycles. The van der Waals surface area contributed by atoms with Crippen LogP contribution < -0.4 is 5.32 Å². The van der Waals surface area contributed by atoms with Gasteiger partial charge < -0.3 is 5.32 Å². The Balaban J connectivity index is 2.25. The van der Waals surface area contributed by atoms with E-state index in [0.29, 0.717) is 0 Å². The molecule has 0 aliphatic rings. The summed E-state index contributed by atoms with van der Waals surface area (Å²) in [6.07, 6.45) is 2.22. The Morgan fingerprint density at radius 3 is 2.93 bits per heavy atom. The van der Waals surface area contributed by atoms with Gasteiger partial charge in [0.05, 0.1) is 0 Å². The molecule has 0 fully saturated rings. The fourth-order valence-corrected chi connectivity index (χ4v) is 2.21. The third-order valence-corrected chi connectivity index (χ3v) is 3.05. The zero-order chi connectivity index (χ0) is 11.1. The number of hydrogen-bond acceptors (Lipinski definition) is 1. The fraction of sp³-hybridized carbons (Fsp3) is 0.500. The summed E-state index contributed by atoms with van der Waals surface area (Å²) in [5, 5.41) is 3.61. The van der Waals surface area contributed by atoms with Crippen molar-refractivity contribution in [3.63, 3.8) is 0 Å². The summed E-state index contributed by atoms with van der Waals surface area (Å²) in [6.45, 7) is 3.91. The predicted molar refractivity (Wildman–Crippen MR) is 70.4 cm³/mol. The van der Waals surface area contributed by atoms with Crippen LogP contribution in [0.2, 0.25) is 0 Å². The van der Waals surface area contributed by atoms with E-state index in [1.807, 2.05) is 12.1 Å². The largest absolute Gasteiger partial charge is 0.311 e. The Labute approximate surface area is 105 Å². The molecule has 0 saturated carbocycles. The van der Waals surface area contributed by atoms with Crippen LogP contribution in [0.4, 0.5) is 0 Å². The quantitative estimate of drug-likeness (QED) is 0.782. The highest BCUT2D eigenvalue weighted by molar-refractivity contribution is 9.10. The molecule has 1 aromatic rings. The molecular formula is C12H17BrClN. The van der Waals surface area contributed by atoms with Crippen molar-refractivity contribution < 1.29 is 0 Å². The third kappa shape index (κ3) is 5.55. The number of alkyl halides is 1. The maximum atomic E-state index is 6.11. The normalized spacial score (nSPS) is 12.7. The second kappa shape index (κ2) is 7.26. The minimum absolute atomic E-state index is 0.252. The van der Waals surface area contributed by atoms with Crippen molar-refractivity contribution in [2.75, 3.05) is 6.54 Å². The van der Waals surface area contributed by atoms with Crippen LogP contribution in [-0.4, -0.2) is 11.9 Å². The fourth-order valence-electron chi connectivity index (χ4n) is 1.44. The second-order valence-electron chi connectivity index (χ2n) is 3.65. The first-order valence-electron chi connectivity index (χ1n) is 5.31. The van der Waals surface area contributed by atoms with Crippen LogP contribution in [0, 0.1) is 0 Å². The molecule has 1 atom stereocenters. The second-order valence-corrected chi connectivity index (χ2v) is 5.18. The van der Waals surface area contributed by atoms with Gasteiger partial charge >= 0.3 is 0 Å². The van der Waals surface area contributed by atoms with Crippen LogP contribution in [0.1, 0.15) is 25.3 Å². The van der Waals surface area contributed by atoms with Gasteiger partial charge in [0, 0.05) is 22.9 Å². The standard InChI is InChI=1S/C12H17BrClN/c1-2-4-12(14)9-15-8-10-5-3-6-11(13)7-10/h3,5-7,12,15H,2,4,8-9H2,1H3. The summed E-state index contributed by atoms with van der Waals surface area (Å²) in [4.78, 5) is 0. The van der Waals surface area contributed by atoms with Gasteiger partial charge in [-0.15, -0.1) is 11.6 Å². The Bertz CT molecular complexity index is 291. The zero-order valence-electron chi connectivity index (χ0n) is 8.97. The molecule has 0 heterocycles. The van der Waals surface area contributed by atoms with E-state index in [9.17, 15) is 0 Å². The van der Waals surface area contributed by atoms with Gasteiger partial charge in [0.1, 0.15) is 0 Å². The van der Waals surface area contributed by atoms with Gasteiger partial charge in [0.2, 0.25) is 0 Å². The molecule has 0 saturated heterocycles. The molecule has 1 nitrogen and oxygen atoms in total. The highest BCUT2D eigenvalue weighted by Crippen LogP contribution is 2.11. The van der Waals surface area contributed by atoms with Crippen molar-refractivity contribution in [3.05, 3.63) is 34.3 Å². The summed E-state index contributed by atoms with van der Waals surface area (Å²) >= 11 is 9.56. The van der Waals surface area contributed by atoms with Gasteiger partial charge in [-0.2, -0.15) is 0 Å². The molecule has 1 rings (SSSR count). The summed E-state index contributed by atoms with van der Waals surface area (Å²) in [6, 6.07) is 8.31. The van der Waals surface area contributed by atoms with Crippen LogP contribution in [0.5, 0.6) is 0 Å². The van der Waals surface area contributed by atoms with Crippen LogP contribution >= 0.6 is 27.5 Å². The van der Waals surface area contributed by atoms with Crippen molar-refractivity contribution in [1.82, 2.24) is 5.32 Å².